The van der Waals surface area contributed by atoms with E-state index in [1.165, 1.54) is 0 Å². The van der Waals surface area contributed by atoms with Crippen LogP contribution >= 0.6 is 12.4 Å². The second-order valence-corrected chi connectivity index (χ2v) is 6.25. The Bertz CT molecular complexity index is 579. The Hall–Kier alpha value is -1.59. The number of anilines is 1. The topological polar surface area (TPSA) is 61.4 Å². The molecule has 3 rings (SSSR count). The summed E-state index contributed by atoms with van der Waals surface area (Å²) in [5.74, 6) is 0.560. The van der Waals surface area contributed by atoms with Crippen LogP contribution in [0.2, 0.25) is 0 Å². The summed E-state index contributed by atoms with van der Waals surface area (Å²) in [4.78, 5) is 26.1. The predicted molar refractivity (Wildman–Crippen MR) is 93.2 cm³/mol. The Labute approximate surface area is 143 Å². The fraction of sp³-hybridized carbons (Fsp3) is 0.529. The van der Waals surface area contributed by atoms with Crippen molar-refractivity contribution in [2.24, 2.45) is 5.92 Å². The Morgan fingerprint density at radius 1 is 1.39 bits per heavy atom. The molecule has 2 fully saturated rings. The SMILES string of the molecule is CC1CCNCC1NC(=O)c1cccc(N2CCCC2=O)c1.Cl. The molecule has 2 aliphatic heterocycles. The lowest BCUT2D eigenvalue weighted by Crippen LogP contribution is -2.50. The van der Waals surface area contributed by atoms with E-state index < -0.39 is 0 Å². The van der Waals surface area contributed by atoms with E-state index in [1.807, 2.05) is 18.2 Å². The lowest BCUT2D eigenvalue weighted by molar-refractivity contribution is -0.117. The van der Waals surface area contributed by atoms with Crippen LogP contribution in [0, 0.1) is 5.92 Å². The second-order valence-electron chi connectivity index (χ2n) is 6.25. The van der Waals surface area contributed by atoms with Crippen molar-refractivity contribution < 1.29 is 9.59 Å². The Balaban J connectivity index is 0.00000192. The molecule has 0 aliphatic carbocycles. The minimum absolute atomic E-state index is 0. The van der Waals surface area contributed by atoms with Gasteiger partial charge in [-0.1, -0.05) is 13.0 Å². The Kier molecular flexibility index (Phi) is 6.02. The normalized spacial score (nSPS) is 24.2. The second kappa shape index (κ2) is 7.79. The molecule has 0 spiro atoms. The first-order valence-electron chi connectivity index (χ1n) is 8.07. The summed E-state index contributed by atoms with van der Waals surface area (Å²) in [6.45, 7) is 4.75. The van der Waals surface area contributed by atoms with Crippen LogP contribution in [-0.2, 0) is 4.79 Å². The number of benzene rings is 1. The van der Waals surface area contributed by atoms with E-state index in [4.69, 9.17) is 0 Å². The molecule has 1 aromatic carbocycles. The van der Waals surface area contributed by atoms with Crippen molar-refractivity contribution in [3.8, 4) is 0 Å². The molecule has 2 saturated heterocycles. The fourth-order valence-electron chi connectivity index (χ4n) is 3.17. The van der Waals surface area contributed by atoms with Crippen LogP contribution in [0.1, 0.15) is 36.5 Å². The van der Waals surface area contributed by atoms with Crippen molar-refractivity contribution in [1.29, 1.82) is 0 Å². The number of nitrogens with zero attached hydrogens (tertiary/aromatic N) is 1. The summed E-state index contributed by atoms with van der Waals surface area (Å²) in [5, 5.41) is 6.43. The van der Waals surface area contributed by atoms with Crippen LogP contribution in [0.3, 0.4) is 0 Å². The third kappa shape index (κ3) is 4.03. The number of carbonyl (C=O) groups excluding carboxylic acids is 2. The van der Waals surface area contributed by atoms with Crippen LogP contribution < -0.4 is 15.5 Å². The lowest BCUT2D eigenvalue weighted by Gasteiger charge is -2.30. The van der Waals surface area contributed by atoms with Crippen LogP contribution in [0.25, 0.3) is 0 Å². The third-order valence-electron chi connectivity index (χ3n) is 4.64. The lowest BCUT2D eigenvalue weighted by atomic mass is 9.94. The summed E-state index contributed by atoms with van der Waals surface area (Å²) in [5.41, 5.74) is 1.44. The Morgan fingerprint density at radius 2 is 2.22 bits per heavy atom. The molecule has 0 saturated carbocycles. The molecule has 0 bridgehead atoms. The molecule has 2 atom stereocenters. The summed E-state index contributed by atoms with van der Waals surface area (Å²) < 4.78 is 0. The predicted octanol–water partition coefficient (Wildman–Crippen LogP) is 1.96. The van der Waals surface area contributed by atoms with E-state index in [1.54, 1.807) is 11.0 Å². The largest absolute Gasteiger partial charge is 0.348 e. The molecule has 2 heterocycles. The average molecular weight is 338 g/mol. The highest BCUT2D eigenvalue weighted by atomic mass is 35.5. The molecule has 23 heavy (non-hydrogen) atoms. The molecule has 0 radical (unpaired) electrons. The molecule has 2 N–H and O–H groups in total. The number of hydrogen-bond donors (Lipinski definition) is 2. The summed E-state index contributed by atoms with van der Waals surface area (Å²) >= 11 is 0. The van der Waals surface area contributed by atoms with E-state index in [-0.39, 0.29) is 30.3 Å². The monoisotopic (exact) mass is 337 g/mol. The number of hydrogen-bond acceptors (Lipinski definition) is 3. The highest BCUT2D eigenvalue weighted by Gasteiger charge is 2.25. The van der Waals surface area contributed by atoms with Crippen LogP contribution in [0.15, 0.2) is 24.3 Å². The van der Waals surface area contributed by atoms with Gasteiger partial charge in [-0.05, 0) is 43.5 Å². The van der Waals surface area contributed by atoms with Gasteiger partial charge in [0.1, 0.15) is 0 Å². The number of piperidine rings is 1. The number of amides is 2. The summed E-state index contributed by atoms with van der Waals surface area (Å²) in [6, 6.07) is 7.53. The average Bonchev–Trinajstić information content (AvgIpc) is 2.96. The maximum atomic E-state index is 12.5. The van der Waals surface area contributed by atoms with Crippen molar-refractivity contribution in [3.63, 3.8) is 0 Å². The van der Waals surface area contributed by atoms with Gasteiger partial charge in [-0.3, -0.25) is 9.59 Å². The zero-order valence-electron chi connectivity index (χ0n) is 13.4. The van der Waals surface area contributed by atoms with Gasteiger partial charge in [-0.25, -0.2) is 0 Å². The van der Waals surface area contributed by atoms with Crippen molar-refractivity contribution in [1.82, 2.24) is 10.6 Å². The van der Waals surface area contributed by atoms with E-state index in [9.17, 15) is 9.59 Å². The molecule has 126 valence electrons. The van der Waals surface area contributed by atoms with E-state index in [0.29, 0.717) is 17.9 Å². The zero-order valence-corrected chi connectivity index (χ0v) is 14.2. The van der Waals surface area contributed by atoms with Gasteiger partial charge in [0, 0.05) is 36.8 Å². The van der Waals surface area contributed by atoms with Crippen LogP contribution in [0.5, 0.6) is 0 Å². The van der Waals surface area contributed by atoms with Gasteiger partial charge in [-0.15, -0.1) is 12.4 Å². The first-order valence-corrected chi connectivity index (χ1v) is 8.07. The maximum absolute atomic E-state index is 12.5. The fourth-order valence-corrected chi connectivity index (χ4v) is 3.17. The smallest absolute Gasteiger partial charge is 0.251 e. The number of nitrogens with one attached hydrogen (secondary N) is 2. The van der Waals surface area contributed by atoms with Gasteiger partial charge < -0.3 is 15.5 Å². The van der Waals surface area contributed by atoms with Crippen molar-refractivity contribution in [2.45, 2.75) is 32.2 Å². The van der Waals surface area contributed by atoms with E-state index in [0.717, 1.165) is 38.2 Å². The van der Waals surface area contributed by atoms with Crippen LogP contribution in [0.4, 0.5) is 5.69 Å². The quantitative estimate of drug-likeness (QED) is 0.886. The number of carbonyl (C=O) groups is 2. The molecule has 0 aromatic heterocycles. The molecule has 2 unspecified atom stereocenters. The first kappa shape index (κ1) is 17.8. The summed E-state index contributed by atoms with van der Waals surface area (Å²) in [6.07, 6.45) is 2.56. The minimum Gasteiger partial charge on any atom is -0.348 e. The molecule has 5 nitrogen and oxygen atoms in total. The highest BCUT2D eigenvalue weighted by Crippen LogP contribution is 2.22. The standard InChI is InChI=1S/C17H23N3O2.ClH/c1-12-7-8-18-11-15(12)19-17(22)13-4-2-5-14(10-13)20-9-3-6-16(20)21;/h2,4-5,10,12,15,18H,3,6-9,11H2,1H3,(H,19,22);1H. The van der Waals surface area contributed by atoms with Crippen molar-refractivity contribution in [3.05, 3.63) is 29.8 Å². The van der Waals surface area contributed by atoms with Gasteiger partial charge in [0.2, 0.25) is 5.91 Å². The van der Waals surface area contributed by atoms with Gasteiger partial charge in [0.15, 0.2) is 0 Å². The molecule has 1 aromatic rings. The van der Waals surface area contributed by atoms with Gasteiger partial charge in [0.25, 0.3) is 5.91 Å². The van der Waals surface area contributed by atoms with Gasteiger partial charge in [-0.2, -0.15) is 0 Å². The van der Waals surface area contributed by atoms with E-state index >= 15 is 0 Å². The van der Waals surface area contributed by atoms with Crippen LogP contribution in [-0.4, -0.2) is 37.5 Å². The highest BCUT2D eigenvalue weighted by molar-refractivity contribution is 5.99. The van der Waals surface area contributed by atoms with E-state index in [2.05, 4.69) is 17.6 Å². The summed E-state index contributed by atoms with van der Waals surface area (Å²) in [7, 11) is 0. The third-order valence-corrected chi connectivity index (χ3v) is 4.64. The van der Waals surface area contributed by atoms with Gasteiger partial charge >= 0.3 is 0 Å². The van der Waals surface area contributed by atoms with Crippen molar-refractivity contribution >= 4 is 29.9 Å². The van der Waals surface area contributed by atoms with Gasteiger partial charge in [0.05, 0.1) is 0 Å². The number of rotatable bonds is 3. The molecular weight excluding hydrogens is 314 g/mol. The molecule has 2 aliphatic rings. The first-order chi connectivity index (χ1) is 10.6. The maximum Gasteiger partial charge on any atom is 0.251 e. The molecular formula is C17H24ClN3O2. The molecule has 2 amide bonds. The number of halogens is 1. The minimum atomic E-state index is -0.0611. The Morgan fingerprint density at radius 3 is 2.91 bits per heavy atom. The zero-order chi connectivity index (χ0) is 15.5. The molecule has 6 heteroatoms. The van der Waals surface area contributed by atoms with Crippen molar-refractivity contribution in [2.75, 3.05) is 24.5 Å².